The molecule has 2 heterocycles. The van der Waals surface area contributed by atoms with Crippen molar-refractivity contribution in [2.24, 2.45) is 0 Å². The summed E-state index contributed by atoms with van der Waals surface area (Å²) in [5, 5.41) is 12.2. The predicted molar refractivity (Wildman–Crippen MR) is 71.3 cm³/mol. The van der Waals surface area contributed by atoms with Crippen molar-refractivity contribution in [3.63, 3.8) is 0 Å². The van der Waals surface area contributed by atoms with E-state index in [1.54, 1.807) is 0 Å². The number of hydrogen-bond donors (Lipinski definition) is 0. The second kappa shape index (κ2) is 3.79. The van der Waals surface area contributed by atoms with E-state index in [9.17, 15) is 10.1 Å². The van der Waals surface area contributed by atoms with Crippen molar-refractivity contribution in [2.45, 2.75) is 44.1 Å². The van der Waals surface area contributed by atoms with Gasteiger partial charge in [-0.3, -0.25) is 10.1 Å². The van der Waals surface area contributed by atoms with Gasteiger partial charge in [0.2, 0.25) is 0 Å². The Bertz CT molecular complexity index is 669. The normalized spacial score (nSPS) is 19.6. The van der Waals surface area contributed by atoms with Crippen LogP contribution in [0.4, 0.5) is 5.69 Å². The van der Waals surface area contributed by atoms with Crippen LogP contribution in [0.3, 0.4) is 0 Å². The van der Waals surface area contributed by atoms with Gasteiger partial charge in [-0.1, -0.05) is 0 Å². The molecule has 2 aliphatic rings. The number of hydrogen-bond acceptors (Lipinski definition) is 3. The second-order valence-corrected chi connectivity index (χ2v) is 5.63. The molecule has 0 bridgehead atoms. The quantitative estimate of drug-likeness (QED) is 0.624. The summed E-state index contributed by atoms with van der Waals surface area (Å²) in [6, 6.07) is 2.56. The molecule has 5 nitrogen and oxygen atoms in total. The summed E-state index contributed by atoms with van der Waals surface area (Å²) < 4.78 is 2.20. The van der Waals surface area contributed by atoms with Gasteiger partial charge in [-0.05, 0) is 44.1 Å². The minimum atomic E-state index is -0.291. The Labute approximate surface area is 110 Å². The lowest BCUT2D eigenvalue weighted by molar-refractivity contribution is -0.385. The Morgan fingerprint density at radius 3 is 2.68 bits per heavy atom. The van der Waals surface area contributed by atoms with Gasteiger partial charge in [0.1, 0.15) is 11.8 Å². The molecule has 5 heteroatoms. The van der Waals surface area contributed by atoms with Crippen LogP contribution in [0.1, 0.15) is 49.6 Å². The van der Waals surface area contributed by atoms with E-state index >= 15 is 0 Å². The number of nitrogens with zero attached hydrogens (tertiary/aromatic N) is 3. The van der Waals surface area contributed by atoms with E-state index in [2.05, 4.69) is 15.7 Å². The summed E-state index contributed by atoms with van der Waals surface area (Å²) >= 11 is 0. The van der Waals surface area contributed by atoms with Crippen LogP contribution >= 0.6 is 0 Å². The van der Waals surface area contributed by atoms with Crippen molar-refractivity contribution in [3.8, 4) is 0 Å². The van der Waals surface area contributed by atoms with E-state index in [-0.39, 0.29) is 10.6 Å². The monoisotopic (exact) mass is 257 g/mol. The highest BCUT2D eigenvalue weighted by Gasteiger charge is 2.34. The van der Waals surface area contributed by atoms with Crippen LogP contribution in [0.25, 0.3) is 11.0 Å². The second-order valence-electron chi connectivity index (χ2n) is 5.63. The van der Waals surface area contributed by atoms with Gasteiger partial charge in [-0.15, -0.1) is 0 Å². The minimum absolute atomic E-state index is 0.196. The van der Waals surface area contributed by atoms with E-state index in [0.717, 1.165) is 29.4 Å². The van der Waals surface area contributed by atoms with Crippen LogP contribution in [0.15, 0.2) is 18.5 Å². The first kappa shape index (κ1) is 11.0. The third-order valence-electron chi connectivity index (χ3n) is 4.41. The fourth-order valence-electron chi connectivity index (χ4n) is 3.02. The van der Waals surface area contributed by atoms with Gasteiger partial charge in [0.25, 0.3) is 5.69 Å². The van der Waals surface area contributed by atoms with Crippen LogP contribution in [-0.4, -0.2) is 14.5 Å². The number of fused-ring (bicyclic) bond motifs is 1. The Hall–Kier alpha value is -1.91. The maximum Gasteiger partial charge on any atom is 0.291 e. The molecule has 2 aromatic rings. The van der Waals surface area contributed by atoms with E-state index in [4.69, 9.17) is 0 Å². The Balaban J connectivity index is 1.93. The maximum absolute atomic E-state index is 11.2. The summed E-state index contributed by atoms with van der Waals surface area (Å²) in [6.45, 7) is 0. The van der Waals surface area contributed by atoms with Crippen molar-refractivity contribution < 1.29 is 4.92 Å². The van der Waals surface area contributed by atoms with E-state index in [1.807, 2.05) is 6.07 Å². The molecule has 0 radical (unpaired) electrons. The first-order valence-electron chi connectivity index (χ1n) is 6.89. The summed E-state index contributed by atoms with van der Waals surface area (Å²) in [5.74, 6) is 0.364. The number of aromatic nitrogens is 2. The molecule has 0 N–H and O–H groups in total. The average molecular weight is 257 g/mol. The lowest BCUT2D eigenvalue weighted by Gasteiger charge is -2.27. The summed E-state index contributed by atoms with van der Waals surface area (Å²) in [6.07, 6.45) is 9.29. The predicted octanol–water partition coefficient (Wildman–Crippen LogP) is 3.55. The third kappa shape index (κ3) is 1.57. The first-order valence-corrected chi connectivity index (χ1v) is 6.89. The van der Waals surface area contributed by atoms with Crippen molar-refractivity contribution in [3.05, 3.63) is 34.1 Å². The molecular formula is C14H15N3O2. The average Bonchev–Trinajstić information content (AvgIpc) is 3.08. The summed E-state index contributed by atoms with van der Waals surface area (Å²) in [7, 11) is 0. The molecule has 2 saturated carbocycles. The van der Waals surface area contributed by atoms with Gasteiger partial charge in [0.15, 0.2) is 0 Å². The zero-order valence-electron chi connectivity index (χ0n) is 10.6. The zero-order valence-corrected chi connectivity index (χ0v) is 10.6. The first-order chi connectivity index (χ1) is 9.25. The summed E-state index contributed by atoms with van der Waals surface area (Å²) in [4.78, 5) is 15.2. The highest BCUT2D eigenvalue weighted by molar-refractivity contribution is 5.84. The molecule has 0 saturated heterocycles. The molecule has 0 aliphatic heterocycles. The highest BCUT2D eigenvalue weighted by atomic mass is 16.6. The maximum atomic E-state index is 11.2. The largest absolute Gasteiger partial charge is 0.329 e. The molecule has 4 rings (SSSR count). The Kier molecular flexibility index (Phi) is 2.19. The molecule has 2 aromatic heterocycles. The molecule has 0 amide bonds. The molecule has 0 spiro atoms. The van der Waals surface area contributed by atoms with Gasteiger partial charge in [-0.2, -0.15) is 0 Å². The van der Waals surface area contributed by atoms with Crippen molar-refractivity contribution in [1.29, 1.82) is 0 Å². The van der Waals surface area contributed by atoms with E-state index in [1.165, 1.54) is 25.5 Å². The number of rotatable bonds is 3. The van der Waals surface area contributed by atoms with Gasteiger partial charge >= 0.3 is 0 Å². The smallest absolute Gasteiger partial charge is 0.291 e. The molecular weight excluding hydrogens is 242 g/mol. The van der Waals surface area contributed by atoms with Crippen LogP contribution in [-0.2, 0) is 0 Å². The van der Waals surface area contributed by atoms with Crippen LogP contribution < -0.4 is 0 Å². The topological polar surface area (TPSA) is 61.0 Å². The SMILES string of the molecule is O=[N+]([O-])c1cnc2c(ccn2C2CCC2)c1C1CC1. The van der Waals surface area contributed by atoms with Crippen LogP contribution in [0.2, 0.25) is 0 Å². The fourth-order valence-corrected chi connectivity index (χ4v) is 3.02. The molecule has 2 aliphatic carbocycles. The molecule has 2 fully saturated rings. The molecule has 0 aromatic carbocycles. The fraction of sp³-hybridized carbons (Fsp3) is 0.500. The number of nitro groups is 1. The van der Waals surface area contributed by atoms with Gasteiger partial charge in [0, 0.05) is 23.2 Å². The lowest BCUT2D eigenvalue weighted by atomic mass is 9.93. The third-order valence-corrected chi connectivity index (χ3v) is 4.41. The van der Waals surface area contributed by atoms with Crippen LogP contribution in [0, 0.1) is 10.1 Å². The van der Waals surface area contributed by atoms with E-state index in [0.29, 0.717) is 12.0 Å². The highest BCUT2D eigenvalue weighted by Crippen LogP contribution is 2.47. The van der Waals surface area contributed by atoms with Gasteiger partial charge < -0.3 is 4.57 Å². The van der Waals surface area contributed by atoms with Crippen molar-refractivity contribution in [1.82, 2.24) is 9.55 Å². The van der Waals surface area contributed by atoms with E-state index < -0.39 is 0 Å². The Morgan fingerprint density at radius 2 is 2.11 bits per heavy atom. The van der Waals surface area contributed by atoms with Crippen LogP contribution in [0.5, 0.6) is 0 Å². The zero-order chi connectivity index (χ0) is 13.0. The minimum Gasteiger partial charge on any atom is -0.329 e. The standard InChI is InChI=1S/C14H15N3O2/c18-17(19)12-8-15-14-11(13(12)9-4-5-9)6-7-16(14)10-2-1-3-10/h6-10H,1-5H2. The summed E-state index contributed by atoms with van der Waals surface area (Å²) in [5.41, 5.74) is 2.03. The number of pyridine rings is 1. The molecule has 98 valence electrons. The molecule has 0 atom stereocenters. The molecule has 0 unspecified atom stereocenters. The van der Waals surface area contributed by atoms with Gasteiger partial charge in [-0.25, -0.2) is 4.98 Å². The Morgan fingerprint density at radius 1 is 1.32 bits per heavy atom. The molecule has 19 heavy (non-hydrogen) atoms. The van der Waals surface area contributed by atoms with Crippen molar-refractivity contribution >= 4 is 16.7 Å². The van der Waals surface area contributed by atoms with Gasteiger partial charge in [0.05, 0.1) is 4.92 Å². The van der Waals surface area contributed by atoms with Crippen molar-refractivity contribution in [2.75, 3.05) is 0 Å². The lowest BCUT2D eigenvalue weighted by Crippen LogP contribution is -2.16.